The number of nitrogens with one attached hydrogen (secondary N) is 1. The van der Waals surface area contributed by atoms with Crippen LogP contribution in [0.2, 0.25) is 0 Å². The van der Waals surface area contributed by atoms with Crippen molar-refractivity contribution in [3.63, 3.8) is 0 Å². The third-order valence-electron chi connectivity index (χ3n) is 4.72. The first-order valence-corrected chi connectivity index (χ1v) is 6.45. The maximum atomic E-state index is 3.35. The van der Waals surface area contributed by atoms with Gasteiger partial charge in [-0.05, 0) is 56.5 Å². The molecule has 0 aromatic rings. The van der Waals surface area contributed by atoms with Crippen molar-refractivity contribution in [2.24, 2.45) is 17.3 Å². The van der Waals surface area contributed by atoms with Gasteiger partial charge >= 0.3 is 0 Å². The Balaban J connectivity index is 1.85. The summed E-state index contributed by atoms with van der Waals surface area (Å²) in [5.74, 6) is 2.06. The minimum absolute atomic E-state index is 0.799. The molecule has 0 aromatic carbocycles. The lowest BCUT2D eigenvalue weighted by Crippen LogP contribution is -2.15. The van der Waals surface area contributed by atoms with E-state index in [1.165, 1.54) is 51.5 Å². The highest BCUT2D eigenvalue weighted by molar-refractivity contribution is 5.03. The van der Waals surface area contributed by atoms with E-state index in [9.17, 15) is 0 Å². The molecular weight excluding hydrogens is 170 g/mol. The van der Waals surface area contributed by atoms with Gasteiger partial charge in [0.15, 0.2) is 0 Å². The SMILES string of the molecule is CCC1CCCC2(CC1)CC2CNC. The van der Waals surface area contributed by atoms with E-state index < -0.39 is 0 Å². The summed E-state index contributed by atoms with van der Waals surface area (Å²) in [6, 6.07) is 0. The molecule has 2 aliphatic carbocycles. The van der Waals surface area contributed by atoms with E-state index in [4.69, 9.17) is 0 Å². The molecule has 2 saturated carbocycles. The summed E-state index contributed by atoms with van der Waals surface area (Å²) in [5.41, 5.74) is 0.799. The van der Waals surface area contributed by atoms with E-state index in [-0.39, 0.29) is 0 Å². The summed E-state index contributed by atoms with van der Waals surface area (Å²) in [5, 5.41) is 3.35. The molecular formula is C13H25N. The van der Waals surface area contributed by atoms with Crippen molar-refractivity contribution in [2.45, 2.75) is 51.9 Å². The van der Waals surface area contributed by atoms with Crippen LogP contribution in [0.25, 0.3) is 0 Å². The van der Waals surface area contributed by atoms with Gasteiger partial charge in [-0.25, -0.2) is 0 Å². The molecule has 0 saturated heterocycles. The van der Waals surface area contributed by atoms with Gasteiger partial charge in [-0.1, -0.05) is 26.2 Å². The predicted molar refractivity (Wildman–Crippen MR) is 61.3 cm³/mol. The molecule has 0 amide bonds. The normalized spacial score (nSPS) is 42.4. The van der Waals surface area contributed by atoms with Crippen LogP contribution in [0.15, 0.2) is 0 Å². The first kappa shape index (κ1) is 10.5. The van der Waals surface area contributed by atoms with E-state index in [0.29, 0.717) is 0 Å². The molecule has 3 unspecified atom stereocenters. The van der Waals surface area contributed by atoms with Gasteiger partial charge in [0.05, 0.1) is 0 Å². The van der Waals surface area contributed by atoms with Crippen LogP contribution in [0, 0.1) is 17.3 Å². The molecule has 2 rings (SSSR count). The summed E-state index contributed by atoms with van der Waals surface area (Å²) in [6.45, 7) is 3.62. The average Bonchev–Trinajstić information content (AvgIpc) is 2.91. The largest absolute Gasteiger partial charge is 0.319 e. The Hall–Kier alpha value is -0.0400. The van der Waals surface area contributed by atoms with Gasteiger partial charge in [-0.3, -0.25) is 0 Å². The van der Waals surface area contributed by atoms with Gasteiger partial charge in [0.2, 0.25) is 0 Å². The van der Waals surface area contributed by atoms with Gasteiger partial charge in [0.1, 0.15) is 0 Å². The number of rotatable bonds is 3. The molecule has 1 nitrogen and oxygen atoms in total. The topological polar surface area (TPSA) is 12.0 Å². The Morgan fingerprint density at radius 3 is 2.86 bits per heavy atom. The number of hydrogen-bond donors (Lipinski definition) is 1. The third-order valence-corrected chi connectivity index (χ3v) is 4.72. The molecule has 1 heteroatoms. The zero-order valence-electron chi connectivity index (χ0n) is 9.81. The van der Waals surface area contributed by atoms with Gasteiger partial charge in [0.25, 0.3) is 0 Å². The van der Waals surface area contributed by atoms with Gasteiger partial charge in [-0.15, -0.1) is 0 Å². The Labute approximate surface area is 88.7 Å². The smallest absolute Gasteiger partial charge is 0.00180 e. The molecule has 2 fully saturated rings. The highest BCUT2D eigenvalue weighted by atomic mass is 14.8. The summed E-state index contributed by atoms with van der Waals surface area (Å²) in [7, 11) is 2.09. The lowest BCUT2D eigenvalue weighted by molar-refractivity contribution is 0.374. The van der Waals surface area contributed by atoms with Crippen molar-refractivity contribution in [1.82, 2.24) is 5.32 Å². The molecule has 0 bridgehead atoms. The maximum absolute atomic E-state index is 3.35. The van der Waals surface area contributed by atoms with E-state index in [1.54, 1.807) is 0 Å². The van der Waals surface area contributed by atoms with Crippen LogP contribution in [0.4, 0.5) is 0 Å². The van der Waals surface area contributed by atoms with Crippen LogP contribution in [-0.4, -0.2) is 13.6 Å². The summed E-state index contributed by atoms with van der Waals surface area (Å²) >= 11 is 0. The fourth-order valence-electron chi connectivity index (χ4n) is 3.49. The van der Waals surface area contributed by atoms with E-state index in [1.807, 2.05) is 0 Å². The van der Waals surface area contributed by atoms with Crippen molar-refractivity contribution in [3.05, 3.63) is 0 Å². The fourth-order valence-corrected chi connectivity index (χ4v) is 3.49. The fraction of sp³-hybridized carbons (Fsp3) is 1.00. The first-order chi connectivity index (χ1) is 6.80. The van der Waals surface area contributed by atoms with Gasteiger partial charge in [-0.2, -0.15) is 0 Å². The zero-order chi connectivity index (χ0) is 10.0. The van der Waals surface area contributed by atoms with Crippen molar-refractivity contribution in [3.8, 4) is 0 Å². The molecule has 1 spiro atoms. The molecule has 1 N–H and O–H groups in total. The molecule has 0 aliphatic heterocycles. The van der Waals surface area contributed by atoms with Crippen LogP contribution in [0.1, 0.15) is 51.9 Å². The molecule has 0 radical (unpaired) electrons. The maximum Gasteiger partial charge on any atom is -0.00180 e. The monoisotopic (exact) mass is 195 g/mol. The van der Waals surface area contributed by atoms with Crippen LogP contribution >= 0.6 is 0 Å². The van der Waals surface area contributed by atoms with Gasteiger partial charge < -0.3 is 5.32 Å². The quantitative estimate of drug-likeness (QED) is 0.729. The highest BCUT2D eigenvalue weighted by Gasteiger charge is 2.52. The Morgan fingerprint density at radius 1 is 1.29 bits per heavy atom. The summed E-state index contributed by atoms with van der Waals surface area (Å²) in [6.07, 6.45) is 10.5. The van der Waals surface area contributed by atoms with Crippen LogP contribution in [0.5, 0.6) is 0 Å². The Kier molecular flexibility index (Phi) is 3.16. The third kappa shape index (κ3) is 1.98. The van der Waals surface area contributed by atoms with Crippen molar-refractivity contribution < 1.29 is 0 Å². The van der Waals surface area contributed by atoms with E-state index in [0.717, 1.165) is 17.3 Å². The molecule has 2 aliphatic rings. The van der Waals surface area contributed by atoms with Crippen LogP contribution in [-0.2, 0) is 0 Å². The second-order valence-corrected chi connectivity index (χ2v) is 5.53. The second-order valence-electron chi connectivity index (χ2n) is 5.53. The zero-order valence-corrected chi connectivity index (χ0v) is 9.81. The lowest BCUT2D eigenvalue weighted by Gasteiger charge is -2.14. The summed E-state index contributed by atoms with van der Waals surface area (Å²) < 4.78 is 0. The van der Waals surface area contributed by atoms with Gasteiger partial charge in [0, 0.05) is 0 Å². The van der Waals surface area contributed by atoms with Crippen LogP contribution < -0.4 is 5.32 Å². The molecule has 82 valence electrons. The number of hydrogen-bond acceptors (Lipinski definition) is 1. The Bertz CT molecular complexity index is 190. The van der Waals surface area contributed by atoms with Crippen molar-refractivity contribution >= 4 is 0 Å². The first-order valence-electron chi connectivity index (χ1n) is 6.45. The average molecular weight is 195 g/mol. The standard InChI is InChI=1S/C13H25N/c1-3-11-5-4-7-13(8-6-11)9-12(13)10-14-2/h11-12,14H,3-10H2,1-2H3. The predicted octanol–water partition coefficient (Wildman–Crippen LogP) is 3.20. The lowest BCUT2D eigenvalue weighted by atomic mass is 9.92. The van der Waals surface area contributed by atoms with Crippen molar-refractivity contribution in [2.75, 3.05) is 13.6 Å². The van der Waals surface area contributed by atoms with E-state index in [2.05, 4.69) is 19.3 Å². The summed E-state index contributed by atoms with van der Waals surface area (Å²) in [4.78, 5) is 0. The molecule has 14 heavy (non-hydrogen) atoms. The van der Waals surface area contributed by atoms with E-state index >= 15 is 0 Å². The van der Waals surface area contributed by atoms with Crippen molar-refractivity contribution in [1.29, 1.82) is 0 Å². The molecule has 0 aromatic heterocycles. The highest BCUT2D eigenvalue weighted by Crippen LogP contribution is 2.60. The molecule has 3 atom stereocenters. The Morgan fingerprint density at radius 2 is 2.14 bits per heavy atom. The minimum Gasteiger partial charge on any atom is -0.319 e. The van der Waals surface area contributed by atoms with Crippen LogP contribution in [0.3, 0.4) is 0 Å². The minimum atomic E-state index is 0.799. The second kappa shape index (κ2) is 4.22. The molecule has 0 heterocycles.